The normalized spacial score (nSPS) is 10.3. The first-order chi connectivity index (χ1) is 9.43. The maximum Gasteiger partial charge on any atom is 0.323 e. The molecule has 20 heavy (non-hydrogen) atoms. The number of hydrogen-bond acceptors (Lipinski definition) is 3. The van der Waals surface area contributed by atoms with Crippen LogP contribution in [-0.2, 0) is 20.7 Å². The second-order valence-electron chi connectivity index (χ2n) is 4.11. The zero-order chi connectivity index (χ0) is 15.1. The van der Waals surface area contributed by atoms with Gasteiger partial charge in [0.1, 0.15) is 6.54 Å². The Morgan fingerprint density at radius 1 is 1.35 bits per heavy atom. The van der Waals surface area contributed by atoms with E-state index < -0.39 is 5.97 Å². The standard InChI is InChI=1S/C13H15Cl2NO4/c1-20-5-4-16(8-13(18)19)12(17)6-9-2-3-10(14)7-11(9)15/h2-3,7H,4-6,8H2,1H3,(H,18,19). The van der Waals surface area contributed by atoms with Gasteiger partial charge >= 0.3 is 5.97 Å². The van der Waals surface area contributed by atoms with Crippen molar-refractivity contribution in [2.24, 2.45) is 0 Å². The molecule has 7 heteroatoms. The molecule has 1 aromatic rings. The van der Waals surface area contributed by atoms with Crippen LogP contribution in [0.1, 0.15) is 5.56 Å². The number of carboxylic acid groups (broad SMARTS) is 1. The van der Waals surface area contributed by atoms with Crippen molar-refractivity contribution in [1.82, 2.24) is 4.90 Å². The third-order valence-corrected chi connectivity index (χ3v) is 3.19. The molecular formula is C13H15Cl2NO4. The molecule has 1 amide bonds. The molecule has 0 heterocycles. The lowest BCUT2D eigenvalue weighted by molar-refractivity contribution is -0.144. The van der Waals surface area contributed by atoms with Crippen molar-refractivity contribution in [3.8, 4) is 0 Å². The van der Waals surface area contributed by atoms with Crippen LogP contribution >= 0.6 is 23.2 Å². The third kappa shape index (κ3) is 5.36. The second-order valence-corrected chi connectivity index (χ2v) is 4.96. The average molecular weight is 320 g/mol. The summed E-state index contributed by atoms with van der Waals surface area (Å²) in [7, 11) is 1.49. The van der Waals surface area contributed by atoms with E-state index in [9.17, 15) is 9.59 Å². The van der Waals surface area contributed by atoms with E-state index in [0.29, 0.717) is 15.6 Å². The predicted molar refractivity (Wildman–Crippen MR) is 76.3 cm³/mol. The molecule has 0 bridgehead atoms. The molecule has 0 saturated carbocycles. The smallest absolute Gasteiger partial charge is 0.323 e. The molecule has 0 spiro atoms. The van der Waals surface area contributed by atoms with Crippen molar-refractivity contribution in [1.29, 1.82) is 0 Å². The van der Waals surface area contributed by atoms with Gasteiger partial charge in [-0.1, -0.05) is 29.3 Å². The lowest BCUT2D eigenvalue weighted by atomic mass is 10.1. The summed E-state index contributed by atoms with van der Waals surface area (Å²) in [5, 5.41) is 9.67. The van der Waals surface area contributed by atoms with E-state index >= 15 is 0 Å². The fourth-order valence-corrected chi connectivity index (χ4v) is 2.07. The van der Waals surface area contributed by atoms with Gasteiger partial charge in [-0.3, -0.25) is 9.59 Å². The molecule has 1 aromatic carbocycles. The Hall–Kier alpha value is -1.30. The summed E-state index contributed by atoms with van der Waals surface area (Å²) in [6.45, 7) is 0.119. The number of halogens is 2. The van der Waals surface area contributed by atoms with Crippen LogP contribution in [-0.4, -0.2) is 48.7 Å². The molecular weight excluding hydrogens is 305 g/mol. The summed E-state index contributed by atoms with van der Waals surface area (Å²) in [6, 6.07) is 4.83. The number of rotatable bonds is 7. The van der Waals surface area contributed by atoms with Crippen LogP contribution < -0.4 is 0 Å². The van der Waals surface area contributed by atoms with Gasteiger partial charge in [-0.05, 0) is 17.7 Å². The van der Waals surface area contributed by atoms with E-state index in [0.717, 1.165) is 0 Å². The van der Waals surface area contributed by atoms with E-state index in [1.807, 2.05) is 0 Å². The van der Waals surface area contributed by atoms with Crippen molar-refractivity contribution in [3.63, 3.8) is 0 Å². The molecule has 0 aliphatic carbocycles. The lowest BCUT2D eigenvalue weighted by Gasteiger charge is -2.20. The van der Waals surface area contributed by atoms with Crippen LogP contribution in [0.2, 0.25) is 10.0 Å². The van der Waals surface area contributed by atoms with Gasteiger partial charge in [0.25, 0.3) is 0 Å². The van der Waals surface area contributed by atoms with E-state index in [1.54, 1.807) is 18.2 Å². The number of aliphatic carboxylic acids is 1. The highest BCUT2D eigenvalue weighted by Gasteiger charge is 2.18. The summed E-state index contributed by atoms with van der Waals surface area (Å²) in [5.41, 5.74) is 0.605. The van der Waals surface area contributed by atoms with Crippen molar-refractivity contribution >= 4 is 35.1 Å². The van der Waals surface area contributed by atoms with Crippen LogP contribution in [0.5, 0.6) is 0 Å². The number of benzene rings is 1. The maximum atomic E-state index is 12.1. The zero-order valence-corrected chi connectivity index (χ0v) is 12.4. The first kappa shape index (κ1) is 16.8. The molecule has 0 aliphatic rings. The van der Waals surface area contributed by atoms with E-state index in [4.69, 9.17) is 33.0 Å². The van der Waals surface area contributed by atoms with Gasteiger partial charge < -0.3 is 14.7 Å². The molecule has 1 N–H and O–H groups in total. The van der Waals surface area contributed by atoms with Gasteiger partial charge in [0.05, 0.1) is 13.0 Å². The molecule has 1 rings (SSSR count). The molecule has 0 fully saturated rings. The highest BCUT2D eigenvalue weighted by atomic mass is 35.5. The minimum atomic E-state index is -1.07. The topological polar surface area (TPSA) is 66.8 Å². The predicted octanol–water partition coefficient (Wildman–Crippen LogP) is 2.10. The van der Waals surface area contributed by atoms with Gasteiger partial charge in [0.2, 0.25) is 5.91 Å². The van der Waals surface area contributed by atoms with Crippen LogP contribution in [0.15, 0.2) is 18.2 Å². The van der Waals surface area contributed by atoms with Gasteiger partial charge in [-0.2, -0.15) is 0 Å². The highest BCUT2D eigenvalue weighted by molar-refractivity contribution is 6.35. The minimum Gasteiger partial charge on any atom is -0.480 e. The molecule has 0 aliphatic heterocycles. The van der Waals surface area contributed by atoms with Gasteiger partial charge in [-0.25, -0.2) is 0 Å². The van der Waals surface area contributed by atoms with Crippen LogP contribution in [0.4, 0.5) is 0 Å². The largest absolute Gasteiger partial charge is 0.480 e. The highest BCUT2D eigenvalue weighted by Crippen LogP contribution is 2.21. The molecule has 0 saturated heterocycles. The molecule has 5 nitrogen and oxygen atoms in total. The molecule has 0 radical (unpaired) electrons. The van der Waals surface area contributed by atoms with E-state index in [2.05, 4.69) is 0 Å². The Kier molecular flexibility index (Phi) is 6.78. The summed E-state index contributed by atoms with van der Waals surface area (Å²) < 4.78 is 4.86. The fraction of sp³-hybridized carbons (Fsp3) is 0.385. The minimum absolute atomic E-state index is 0.0208. The summed E-state index contributed by atoms with van der Waals surface area (Å²) >= 11 is 11.8. The maximum absolute atomic E-state index is 12.1. The van der Waals surface area contributed by atoms with E-state index in [1.165, 1.54) is 12.0 Å². The number of hydrogen-bond donors (Lipinski definition) is 1. The Bertz CT molecular complexity index is 493. The monoisotopic (exact) mass is 319 g/mol. The first-order valence-electron chi connectivity index (χ1n) is 5.86. The number of amides is 1. The Labute approximate surface area is 127 Å². The van der Waals surface area contributed by atoms with Gasteiger partial charge in [0, 0.05) is 23.7 Å². The Balaban J connectivity index is 2.76. The van der Waals surface area contributed by atoms with E-state index in [-0.39, 0.29) is 32.0 Å². The van der Waals surface area contributed by atoms with Crippen LogP contribution in [0.3, 0.4) is 0 Å². The molecule has 0 unspecified atom stereocenters. The average Bonchev–Trinajstić information content (AvgIpc) is 2.37. The van der Waals surface area contributed by atoms with Crippen molar-refractivity contribution < 1.29 is 19.4 Å². The number of methoxy groups -OCH3 is 1. The lowest BCUT2D eigenvalue weighted by Crippen LogP contribution is -2.38. The SMILES string of the molecule is COCCN(CC(=O)O)C(=O)Cc1ccc(Cl)cc1Cl. The van der Waals surface area contributed by atoms with Crippen LogP contribution in [0, 0.1) is 0 Å². The quantitative estimate of drug-likeness (QED) is 0.835. The molecule has 0 atom stereocenters. The number of nitrogens with zero attached hydrogens (tertiary/aromatic N) is 1. The molecule has 110 valence electrons. The van der Waals surface area contributed by atoms with Crippen molar-refractivity contribution in [2.45, 2.75) is 6.42 Å². The Morgan fingerprint density at radius 2 is 2.05 bits per heavy atom. The van der Waals surface area contributed by atoms with Crippen molar-refractivity contribution in [3.05, 3.63) is 33.8 Å². The Morgan fingerprint density at radius 3 is 2.60 bits per heavy atom. The number of carbonyl (C=O) groups is 2. The van der Waals surface area contributed by atoms with Crippen LogP contribution in [0.25, 0.3) is 0 Å². The number of carboxylic acids is 1. The van der Waals surface area contributed by atoms with Crippen molar-refractivity contribution in [2.75, 3.05) is 26.8 Å². The summed E-state index contributed by atoms with van der Waals surface area (Å²) in [4.78, 5) is 24.1. The molecule has 0 aromatic heterocycles. The zero-order valence-electron chi connectivity index (χ0n) is 10.9. The fourth-order valence-electron chi connectivity index (χ4n) is 1.60. The second kappa shape index (κ2) is 8.09. The summed E-state index contributed by atoms with van der Waals surface area (Å²) in [5.74, 6) is -1.40. The number of carbonyl (C=O) groups excluding carboxylic acids is 1. The number of ether oxygens (including phenoxy) is 1. The summed E-state index contributed by atoms with van der Waals surface area (Å²) in [6.07, 6.45) is 0.0208. The first-order valence-corrected chi connectivity index (χ1v) is 6.62. The van der Waals surface area contributed by atoms with Gasteiger partial charge in [-0.15, -0.1) is 0 Å². The van der Waals surface area contributed by atoms with Gasteiger partial charge in [0.15, 0.2) is 0 Å². The third-order valence-electron chi connectivity index (χ3n) is 2.60.